The summed E-state index contributed by atoms with van der Waals surface area (Å²) in [5, 5.41) is 11.3. The summed E-state index contributed by atoms with van der Waals surface area (Å²) in [5.41, 5.74) is 5.00. The van der Waals surface area contributed by atoms with Crippen LogP contribution in [0.2, 0.25) is 0 Å². The predicted molar refractivity (Wildman–Crippen MR) is 116 cm³/mol. The van der Waals surface area contributed by atoms with Gasteiger partial charge in [-0.2, -0.15) is 5.10 Å². The van der Waals surface area contributed by atoms with Crippen molar-refractivity contribution < 1.29 is 9.53 Å². The number of rotatable bonds is 4. The van der Waals surface area contributed by atoms with Crippen LogP contribution in [0.1, 0.15) is 22.1 Å². The zero-order chi connectivity index (χ0) is 20.5. The van der Waals surface area contributed by atoms with Crippen LogP contribution >= 0.6 is 0 Å². The molecule has 2 heterocycles. The normalized spacial score (nSPS) is 15.1. The molecule has 1 aliphatic rings. The second-order valence-electron chi connectivity index (χ2n) is 7.04. The molecule has 0 fully saturated rings. The lowest BCUT2D eigenvalue weighted by atomic mass is 10.0. The lowest BCUT2D eigenvalue weighted by Crippen LogP contribution is -2.38. The van der Waals surface area contributed by atoms with Gasteiger partial charge in [-0.15, -0.1) is 0 Å². The molecule has 6 nitrogen and oxygen atoms in total. The maximum atomic E-state index is 12.7. The van der Waals surface area contributed by atoms with E-state index in [1.807, 2.05) is 89.7 Å². The van der Waals surface area contributed by atoms with Gasteiger partial charge in [0.15, 0.2) is 0 Å². The lowest BCUT2D eigenvalue weighted by molar-refractivity contribution is 0.0936. The maximum Gasteiger partial charge on any atom is 0.255 e. The van der Waals surface area contributed by atoms with Crippen molar-refractivity contribution in [3.8, 4) is 22.7 Å². The number of methoxy groups -OCH3 is 1. The van der Waals surface area contributed by atoms with Crippen molar-refractivity contribution in [1.29, 1.82) is 0 Å². The summed E-state index contributed by atoms with van der Waals surface area (Å²) in [6.45, 7) is 0. The fourth-order valence-corrected chi connectivity index (χ4v) is 3.65. The Kier molecular flexibility index (Phi) is 4.44. The molecular formula is C24H20N4O2. The van der Waals surface area contributed by atoms with E-state index in [1.54, 1.807) is 7.11 Å². The molecule has 0 saturated heterocycles. The molecule has 5 rings (SSSR count). The molecule has 0 unspecified atom stereocenters. The summed E-state index contributed by atoms with van der Waals surface area (Å²) in [6.07, 6.45) is 1.56. The average molecular weight is 396 g/mol. The van der Waals surface area contributed by atoms with Crippen LogP contribution in [0.25, 0.3) is 16.9 Å². The van der Waals surface area contributed by atoms with E-state index in [4.69, 9.17) is 9.84 Å². The maximum absolute atomic E-state index is 12.7. The summed E-state index contributed by atoms with van der Waals surface area (Å²) < 4.78 is 7.12. The smallest absolute Gasteiger partial charge is 0.255 e. The van der Waals surface area contributed by atoms with E-state index >= 15 is 0 Å². The molecule has 0 spiro atoms. The first kappa shape index (κ1) is 18.0. The molecule has 30 heavy (non-hydrogen) atoms. The number of nitrogens with one attached hydrogen (secondary N) is 2. The molecule has 4 aromatic rings. The van der Waals surface area contributed by atoms with Gasteiger partial charge in [0, 0.05) is 23.0 Å². The number of anilines is 1. The molecule has 2 N–H and O–H groups in total. The second kappa shape index (κ2) is 7.40. The SMILES string of the molecule is COc1ccc(-c2nn(-c3ccccc3)cc2[C@H]2NC(=O)c3ccccc3N2)cc1. The lowest BCUT2D eigenvalue weighted by Gasteiger charge is -2.27. The number of fused-ring (bicyclic) bond motifs is 1. The van der Waals surface area contributed by atoms with Crippen molar-refractivity contribution >= 4 is 11.6 Å². The number of para-hydroxylation sites is 2. The Bertz CT molecular complexity index is 1200. The van der Waals surface area contributed by atoms with Gasteiger partial charge < -0.3 is 15.4 Å². The van der Waals surface area contributed by atoms with Crippen molar-refractivity contribution in [1.82, 2.24) is 15.1 Å². The Morgan fingerprint density at radius 2 is 1.63 bits per heavy atom. The van der Waals surface area contributed by atoms with Crippen LogP contribution in [0.3, 0.4) is 0 Å². The fraction of sp³-hybridized carbons (Fsp3) is 0.0833. The molecule has 0 saturated carbocycles. The minimum atomic E-state index is -0.401. The zero-order valence-corrected chi connectivity index (χ0v) is 16.4. The van der Waals surface area contributed by atoms with Gasteiger partial charge >= 0.3 is 0 Å². The van der Waals surface area contributed by atoms with Crippen LogP contribution in [-0.2, 0) is 0 Å². The number of aromatic nitrogens is 2. The Labute approximate surface area is 174 Å². The molecular weight excluding hydrogens is 376 g/mol. The number of hydrogen-bond donors (Lipinski definition) is 2. The zero-order valence-electron chi connectivity index (χ0n) is 16.4. The van der Waals surface area contributed by atoms with E-state index in [-0.39, 0.29) is 5.91 Å². The van der Waals surface area contributed by atoms with Crippen molar-refractivity contribution in [3.63, 3.8) is 0 Å². The van der Waals surface area contributed by atoms with Gasteiger partial charge in [-0.3, -0.25) is 4.79 Å². The first-order valence-electron chi connectivity index (χ1n) is 9.69. The van der Waals surface area contributed by atoms with Gasteiger partial charge in [-0.25, -0.2) is 4.68 Å². The number of carbonyl (C=O) groups excluding carboxylic acids is 1. The highest BCUT2D eigenvalue weighted by atomic mass is 16.5. The fourth-order valence-electron chi connectivity index (χ4n) is 3.65. The summed E-state index contributed by atoms with van der Waals surface area (Å²) in [6, 6.07) is 25.2. The van der Waals surface area contributed by atoms with Crippen molar-refractivity contribution in [2.45, 2.75) is 6.17 Å². The third-order valence-electron chi connectivity index (χ3n) is 5.18. The largest absolute Gasteiger partial charge is 0.497 e. The Hall–Kier alpha value is -4.06. The minimum Gasteiger partial charge on any atom is -0.497 e. The Morgan fingerprint density at radius 3 is 2.40 bits per heavy atom. The molecule has 0 aliphatic carbocycles. The average Bonchev–Trinajstić information content (AvgIpc) is 3.25. The highest BCUT2D eigenvalue weighted by Gasteiger charge is 2.28. The van der Waals surface area contributed by atoms with Gasteiger partial charge in [0.25, 0.3) is 5.91 Å². The van der Waals surface area contributed by atoms with Crippen LogP contribution in [0, 0.1) is 0 Å². The number of carbonyl (C=O) groups is 1. The minimum absolute atomic E-state index is 0.109. The number of hydrogen-bond acceptors (Lipinski definition) is 4. The van der Waals surface area contributed by atoms with E-state index in [0.717, 1.165) is 33.9 Å². The van der Waals surface area contributed by atoms with Crippen LogP contribution in [0.4, 0.5) is 5.69 Å². The van der Waals surface area contributed by atoms with Gasteiger partial charge in [0.05, 0.1) is 24.1 Å². The predicted octanol–water partition coefficient (Wildman–Crippen LogP) is 4.40. The van der Waals surface area contributed by atoms with E-state index in [0.29, 0.717) is 5.56 Å². The monoisotopic (exact) mass is 396 g/mol. The number of benzene rings is 3. The van der Waals surface area contributed by atoms with E-state index < -0.39 is 6.17 Å². The summed E-state index contributed by atoms with van der Waals surface area (Å²) in [5.74, 6) is 0.670. The molecule has 0 radical (unpaired) electrons. The number of amides is 1. The molecule has 1 amide bonds. The molecule has 6 heteroatoms. The van der Waals surface area contributed by atoms with Gasteiger partial charge in [-0.05, 0) is 48.5 Å². The summed E-state index contributed by atoms with van der Waals surface area (Å²) >= 11 is 0. The van der Waals surface area contributed by atoms with Crippen molar-refractivity contribution in [2.24, 2.45) is 0 Å². The van der Waals surface area contributed by atoms with Gasteiger partial charge in [-0.1, -0.05) is 30.3 Å². The topological polar surface area (TPSA) is 68.2 Å². The molecule has 0 bridgehead atoms. The molecule has 148 valence electrons. The van der Waals surface area contributed by atoms with E-state index in [1.165, 1.54) is 0 Å². The highest BCUT2D eigenvalue weighted by molar-refractivity contribution is 6.01. The Morgan fingerprint density at radius 1 is 0.900 bits per heavy atom. The molecule has 1 atom stereocenters. The number of nitrogens with zero attached hydrogens (tertiary/aromatic N) is 2. The quantitative estimate of drug-likeness (QED) is 0.536. The van der Waals surface area contributed by atoms with Gasteiger partial charge in [0.2, 0.25) is 0 Å². The molecule has 1 aliphatic heterocycles. The van der Waals surface area contributed by atoms with E-state index in [9.17, 15) is 4.79 Å². The van der Waals surface area contributed by atoms with Crippen molar-refractivity contribution in [3.05, 3.63) is 96.2 Å². The summed E-state index contributed by atoms with van der Waals surface area (Å²) in [4.78, 5) is 12.7. The van der Waals surface area contributed by atoms with Crippen molar-refractivity contribution in [2.75, 3.05) is 12.4 Å². The Balaban J connectivity index is 1.61. The van der Waals surface area contributed by atoms with Crippen LogP contribution < -0.4 is 15.4 Å². The van der Waals surface area contributed by atoms with Gasteiger partial charge in [0.1, 0.15) is 11.9 Å². The van der Waals surface area contributed by atoms with Crippen LogP contribution in [-0.4, -0.2) is 22.8 Å². The first-order valence-corrected chi connectivity index (χ1v) is 9.69. The standard InChI is InChI=1S/C24H20N4O2/c1-30-18-13-11-16(12-14-18)22-20(15-28(27-22)17-7-3-2-4-8-17)23-25-21-10-6-5-9-19(21)24(29)26-23/h2-15,23,25H,1H3,(H,26,29)/t23-/m1/s1. The third-order valence-corrected chi connectivity index (χ3v) is 5.18. The first-order chi connectivity index (χ1) is 14.7. The molecule has 1 aromatic heterocycles. The van der Waals surface area contributed by atoms with E-state index in [2.05, 4.69) is 10.6 Å². The third kappa shape index (κ3) is 3.18. The second-order valence-corrected chi connectivity index (χ2v) is 7.04. The molecule has 3 aromatic carbocycles. The van der Waals surface area contributed by atoms with Crippen LogP contribution in [0.15, 0.2) is 85.1 Å². The number of ether oxygens (including phenoxy) is 1. The van der Waals surface area contributed by atoms with Crippen LogP contribution in [0.5, 0.6) is 5.75 Å². The summed E-state index contributed by atoms with van der Waals surface area (Å²) in [7, 11) is 1.64. The highest BCUT2D eigenvalue weighted by Crippen LogP contribution is 2.33.